The summed E-state index contributed by atoms with van der Waals surface area (Å²) in [5.74, 6) is -0.756. The van der Waals surface area contributed by atoms with E-state index in [1.165, 1.54) is 18.2 Å². The van der Waals surface area contributed by atoms with Gasteiger partial charge in [0.15, 0.2) is 0 Å². The fraction of sp³-hybridized carbons (Fsp3) is 0.417. The highest BCUT2D eigenvalue weighted by Gasteiger charge is 2.18. The predicted molar refractivity (Wildman–Crippen MR) is 62.9 cm³/mol. The van der Waals surface area contributed by atoms with Crippen LogP contribution in [-0.4, -0.2) is 33.9 Å². The molecule has 0 spiro atoms. The van der Waals surface area contributed by atoms with Crippen molar-refractivity contribution in [3.05, 3.63) is 23.8 Å². The van der Waals surface area contributed by atoms with Crippen LogP contribution in [0.2, 0.25) is 0 Å². The van der Waals surface area contributed by atoms with Gasteiger partial charge in [-0.05, 0) is 24.1 Å². The summed E-state index contributed by atoms with van der Waals surface area (Å²) >= 11 is 0. The Labute approximate surface area is 99.7 Å². The van der Waals surface area contributed by atoms with Crippen LogP contribution in [-0.2, 0) is 0 Å². The largest absolute Gasteiger partial charge is 0.508 e. The van der Waals surface area contributed by atoms with E-state index in [9.17, 15) is 15.0 Å². The van der Waals surface area contributed by atoms with Gasteiger partial charge < -0.3 is 20.6 Å². The number of aliphatic hydroxyl groups is 1. The molecule has 5 nitrogen and oxygen atoms in total. The third-order valence-electron chi connectivity index (χ3n) is 2.54. The molecule has 1 amide bonds. The Bertz CT molecular complexity index is 403. The number of nitrogens with one attached hydrogen (secondary N) is 1. The van der Waals surface area contributed by atoms with E-state index >= 15 is 0 Å². The molecule has 0 aromatic heterocycles. The maximum absolute atomic E-state index is 11.8. The number of benzene rings is 1. The second kappa shape index (κ2) is 5.54. The molecule has 1 atom stereocenters. The Hall–Kier alpha value is -1.75. The number of phenols is 2. The summed E-state index contributed by atoms with van der Waals surface area (Å²) in [6.45, 7) is 3.55. The molecule has 0 aliphatic rings. The maximum atomic E-state index is 11.8. The standard InChI is InChI=1S/C12H17NO4/c1-7(2)10(6-14)13-12(17)9-5-8(15)3-4-11(9)16/h3-5,7,10,14-16H,6H2,1-2H3,(H,13,17)/t10-/m1/s1. The molecule has 1 aromatic rings. The van der Waals surface area contributed by atoms with E-state index in [1.54, 1.807) is 0 Å². The zero-order chi connectivity index (χ0) is 13.0. The van der Waals surface area contributed by atoms with Crippen molar-refractivity contribution in [2.45, 2.75) is 19.9 Å². The van der Waals surface area contributed by atoms with Crippen molar-refractivity contribution < 1.29 is 20.1 Å². The number of hydrogen-bond acceptors (Lipinski definition) is 4. The van der Waals surface area contributed by atoms with Gasteiger partial charge in [-0.25, -0.2) is 0 Å². The van der Waals surface area contributed by atoms with Crippen molar-refractivity contribution >= 4 is 5.91 Å². The van der Waals surface area contributed by atoms with Crippen LogP contribution >= 0.6 is 0 Å². The summed E-state index contributed by atoms with van der Waals surface area (Å²) < 4.78 is 0. The molecule has 0 bridgehead atoms. The van der Waals surface area contributed by atoms with Gasteiger partial charge >= 0.3 is 0 Å². The fourth-order valence-electron chi connectivity index (χ4n) is 1.38. The minimum atomic E-state index is -0.522. The number of amides is 1. The molecular formula is C12H17NO4. The van der Waals surface area contributed by atoms with Gasteiger partial charge in [0.1, 0.15) is 11.5 Å². The van der Waals surface area contributed by atoms with Gasteiger partial charge in [-0.15, -0.1) is 0 Å². The Morgan fingerprint density at radius 1 is 1.35 bits per heavy atom. The first kappa shape index (κ1) is 13.3. The summed E-state index contributed by atoms with van der Waals surface area (Å²) in [5, 5.41) is 30.4. The zero-order valence-electron chi connectivity index (χ0n) is 9.84. The van der Waals surface area contributed by atoms with Crippen LogP contribution in [0.25, 0.3) is 0 Å². The number of aromatic hydroxyl groups is 2. The van der Waals surface area contributed by atoms with E-state index in [0.29, 0.717) is 0 Å². The number of phenolic OH excluding ortho intramolecular Hbond substituents is 2. The topological polar surface area (TPSA) is 89.8 Å². The normalized spacial score (nSPS) is 12.5. The van der Waals surface area contributed by atoms with Crippen LogP contribution in [0.3, 0.4) is 0 Å². The third kappa shape index (κ3) is 3.35. The van der Waals surface area contributed by atoms with Crippen molar-refractivity contribution in [2.75, 3.05) is 6.61 Å². The van der Waals surface area contributed by atoms with Crippen LogP contribution in [0, 0.1) is 5.92 Å². The minimum absolute atomic E-state index is 0.0101. The molecule has 0 saturated carbocycles. The van der Waals surface area contributed by atoms with E-state index in [0.717, 1.165) is 0 Å². The van der Waals surface area contributed by atoms with Crippen molar-refractivity contribution in [3.8, 4) is 11.5 Å². The molecular weight excluding hydrogens is 222 g/mol. The Kier molecular flexibility index (Phi) is 4.34. The van der Waals surface area contributed by atoms with Crippen molar-refractivity contribution in [3.63, 3.8) is 0 Å². The summed E-state index contributed by atoms with van der Waals surface area (Å²) in [6.07, 6.45) is 0. The molecule has 0 heterocycles. The molecule has 17 heavy (non-hydrogen) atoms. The summed E-state index contributed by atoms with van der Waals surface area (Å²) in [6, 6.07) is 3.33. The first-order valence-electron chi connectivity index (χ1n) is 5.39. The van der Waals surface area contributed by atoms with E-state index in [-0.39, 0.29) is 35.6 Å². The Morgan fingerprint density at radius 3 is 2.53 bits per heavy atom. The van der Waals surface area contributed by atoms with Gasteiger partial charge in [-0.3, -0.25) is 4.79 Å². The quantitative estimate of drug-likeness (QED) is 0.586. The van der Waals surface area contributed by atoms with Crippen LogP contribution in [0.1, 0.15) is 24.2 Å². The van der Waals surface area contributed by atoms with Crippen molar-refractivity contribution in [1.29, 1.82) is 0 Å². The fourth-order valence-corrected chi connectivity index (χ4v) is 1.38. The average molecular weight is 239 g/mol. The smallest absolute Gasteiger partial charge is 0.255 e. The Balaban J connectivity index is 2.86. The number of hydrogen-bond donors (Lipinski definition) is 4. The lowest BCUT2D eigenvalue weighted by Crippen LogP contribution is -2.41. The average Bonchev–Trinajstić information content (AvgIpc) is 2.28. The van der Waals surface area contributed by atoms with E-state index in [4.69, 9.17) is 5.11 Å². The molecule has 1 aromatic carbocycles. The third-order valence-corrected chi connectivity index (χ3v) is 2.54. The number of carbonyl (C=O) groups excluding carboxylic acids is 1. The monoisotopic (exact) mass is 239 g/mol. The van der Waals surface area contributed by atoms with E-state index < -0.39 is 5.91 Å². The molecule has 0 aliphatic heterocycles. The predicted octanol–water partition coefficient (Wildman–Crippen LogP) is 0.844. The highest BCUT2D eigenvalue weighted by molar-refractivity contribution is 5.97. The first-order valence-corrected chi connectivity index (χ1v) is 5.39. The van der Waals surface area contributed by atoms with Crippen LogP contribution in [0.5, 0.6) is 11.5 Å². The molecule has 0 unspecified atom stereocenters. The number of carbonyl (C=O) groups is 1. The molecule has 94 valence electrons. The van der Waals surface area contributed by atoms with E-state index in [1.807, 2.05) is 13.8 Å². The molecule has 4 N–H and O–H groups in total. The summed E-state index contributed by atoms with van der Waals surface area (Å²) in [7, 11) is 0. The van der Waals surface area contributed by atoms with Gasteiger partial charge in [-0.1, -0.05) is 13.8 Å². The van der Waals surface area contributed by atoms with Crippen LogP contribution in [0.15, 0.2) is 18.2 Å². The highest BCUT2D eigenvalue weighted by Crippen LogP contribution is 2.22. The molecule has 5 heteroatoms. The van der Waals surface area contributed by atoms with Crippen LogP contribution < -0.4 is 5.32 Å². The lowest BCUT2D eigenvalue weighted by atomic mass is 10.0. The number of rotatable bonds is 4. The molecule has 1 rings (SSSR count). The molecule has 0 aliphatic carbocycles. The summed E-state index contributed by atoms with van der Waals surface area (Å²) in [5.41, 5.74) is -0.0101. The molecule has 0 radical (unpaired) electrons. The van der Waals surface area contributed by atoms with Gasteiger partial charge in [0, 0.05) is 0 Å². The zero-order valence-corrected chi connectivity index (χ0v) is 9.84. The Morgan fingerprint density at radius 2 is 2.00 bits per heavy atom. The lowest BCUT2D eigenvalue weighted by molar-refractivity contribution is 0.0893. The minimum Gasteiger partial charge on any atom is -0.508 e. The van der Waals surface area contributed by atoms with Crippen molar-refractivity contribution in [1.82, 2.24) is 5.32 Å². The SMILES string of the molecule is CC(C)[C@@H](CO)NC(=O)c1cc(O)ccc1O. The van der Waals surface area contributed by atoms with Gasteiger partial charge in [-0.2, -0.15) is 0 Å². The second-order valence-corrected chi connectivity index (χ2v) is 4.21. The lowest BCUT2D eigenvalue weighted by Gasteiger charge is -2.20. The molecule has 0 saturated heterocycles. The van der Waals surface area contributed by atoms with Crippen molar-refractivity contribution in [2.24, 2.45) is 5.92 Å². The van der Waals surface area contributed by atoms with E-state index in [2.05, 4.69) is 5.32 Å². The van der Waals surface area contributed by atoms with Gasteiger partial charge in [0.05, 0.1) is 18.2 Å². The van der Waals surface area contributed by atoms with Crippen LogP contribution in [0.4, 0.5) is 0 Å². The summed E-state index contributed by atoms with van der Waals surface area (Å²) in [4.78, 5) is 11.8. The number of aliphatic hydroxyl groups excluding tert-OH is 1. The maximum Gasteiger partial charge on any atom is 0.255 e. The second-order valence-electron chi connectivity index (χ2n) is 4.21. The van der Waals surface area contributed by atoms with Gasteiger partial charge in [0.2, 0.25) is 0 Å². The molecule has 0 fully saturated rings. The first-order chi connectivity index (χ1) is 7.95. The van der Waals surface area contributed by atoms with Gasteiger partial charge in [0.25, 0.3) is 5.91 Å². The highest BCUT2D eigenvalue weighted by atomic mass is 16.3.